The van der Waals surface area contributed by atoms with Crippen LogP contribution in [0.2, 0.25) is 0 Å². The number of nitrogens with zero attached hydrogens (tertiary/aromatic N) is 2. The summed E-state index contributed by atoms with van der Waals surface area (Å²) in [7, 11) is 0. The number of hydrogen-bond donors (Lipinski definition) is 2. The third-order valence-electron chi connectivity index (χ3n) is 4.83. The molecule has 2 N–H and O–H groups in total. The molecule has 1 aromatic rings. The summed E-state index contributed by atoms with van der Waals surface area (Å²) in [4.78, 5) is 39.3. The fourth-order valence-electron chi connectivity index (χ4n) is 3.31. The van der Waals surface area contributed by atoms with E-state index in [9.17, 15) is 14.4 Å². The van der Waals surface area contributed by atoms with Crippen LogP contribution in [0, 0.1) is 6.92 Å². The minimum atomic E-state index is -0.744. The third-order valence-corrected chi connectivity index (χ3v) is 4.83. The topological polar surface area (TPSA) is 81.8 Å². The van der Waals surface area contributed by atoms with Crippen molar-refractivity contribution < 1.29 is 14.4 Å². The van der Waals surface area contributed by atoms with Crippen LogP contribution < -0.4 is 10.6 Å². The van der Waals surface area contributed by atoms with Gasteiger partial charge in [0.15, 0.2) is 0 Å². The number of rotatable bonds is 4. The molecule has 2 heterocycles. The fourth-order valence-corrected chi connectivity index (χ4v) is 3.31. The molecular weight excluding hydrogens is 320 g/mol. The van der Waals surface area contributed by atoms with Gasteiger partial charge in [-0.3, -0.25) is 19.8 Å². The predicted molar refractivity (Wildman–Crippen MR) is 92.7 cm³/mol. The zero-order valence-corrected chi connectivity index (χ0v) is 14.5. The first-order chi connectivity index (χ1) is 12.0. The van der Waals surface area contributed by atoms with E-state index in [0.29, 0.717) is 13.1 Å². The molecule has 0 aromatic heterocycles. The first-order valence-corrected chi connectivity index (χ1v) is 8.69. The summed E-state index contributed by atoms with van der Waals surface area (Å²) >= 11 is 0. The number of urea groups is 1. The molecule has 0 spiro atoms. The second-order valence-electron chi connectivity index (χ2n) is 6.66. The summed E-state index contributed by atoms with van der Waals surface area (Å²) in [6.45, 7) is 6.08. The highest BCUT2D eigenvalue weighted by Crippen LogP contribution is 2.13. The fraction of sp³-hybridized carbons (Fsp3) is 0.500. The molecule has 2 fully saturated rings. The van der Waals surface area contributed by atoms with Crippen LogP contribution in [0.25, 0.3) is 0 Å². The molecule has 0 aliphatic carbocycles. The average molecular weight is 344 g/mol. The van der Waals surface area contributed by atoms with E-state index in [2.05, 4.69) is 40.7 Å². The molecule has 2 aliphatic rings. The SMILES string of the molecule is Cc1ccccc1CN1CCCN(C(=O)C[C@@H]2NC(=O)NC2=O)CC1. The first kappa shape index (κ1) is 17.4. The van der Waals surface area contributed by atoms with Crippen LogP contribution in [0.5, 0.6) is 0 Å². The van der Waals surface area contributed by atoms with Crippen LogP contribution in [0.1, 0.15) is 24.0 Å². The second-order valence-corrected chi connectivity index (χ2v) is 6.66. The van der Waals surface area contributed by atoms with Crippen molar-refractivity contribution in [2.45, 2.75) is 32.4 Å². The molecule has 0 unspecified atom stereocenters. The van der Waals surface area contributed by atoms with Gasteiger partial charge in [-0.15, -0.1) is 0 Å². The molecule has 0 radical (unpaired) electrons. The maximum atomic E-state index is 12.5. The summed E-state index contributed by atoms with van der Waals surface area (Å²) in [5.74, 6) is -0.505. The number of carbonyl (C=O) groups excluding carboxylic acids is 3. The molecule has 0 saturated carbocycles. The van der Waals surface area contributed by atoms with Crippen molar-refractivity contribution >= 4 is 17.8 Å². The molecule has 1 atom stereocenters. The summed E-state index contributed by atoms with van der Waals surface area (Å²) in [5, 5.41) is 4.64. The van der Waals surface area contributed by atoms with Gasteiger partial charge in [0.05, 0.1) is 6.42 Å². The Morgan fingerprint density at radius 1 is 1.16 bits per heavy atom. The molecule has 1 aromatic carbocycles. The van der Waals surface area contributed by atoms with E-state index in [1.165, 1.54) is 11.1 Å². The van der Waals surface area contributed by atoms with Gasteiger partial charge < -0.3 is 10.2 Å². The van der Waals surface area contributed by atoms with Gasteiger partial charge in [0.2, 0.25) is 5.91 Å². The van der Waals surface area contributed by atoms with Crippen molar-refractivity contribution in [1.29, 1.82) is 0 Å². The molecular formula is C18H24N4O3. The monoisotopic (exact) mass is 344 g/mol. The van der Waals surface area contributed by atoms with Gasteiger partial charge in [-0.2, -0.15) is 0 Å². The van der Waals surface area contributed by atoms with Crippen LogP contribution >= 0.6 is 0 Å². The third kappa shape index (κ3) is 4.36. The van der Waals surface area contributed by atoms with Crippen molar-refractivity contribution in [3.05, 3.63) is 35.4 Å². The summed E-state index contributed by atoms with van der Waals surface area (Å²) in [5.41, 5.74) is 2.59. The van der Waals surface area contributed by atoms with Gasteiger partial charge in [-0.05, 0) is 24.5 Å². The lowest BCUT2D eigenvalue weighted by Crippen LogP contribution is -2.40. The van der Waals surface area contributed by atoms with E-state index in [1.807, 2.05) is 6.07 Å². The van der Waals surface area contributed by atoms with Crippen LogP contribution in [-0.2, 0) is 16.1 Å². The van der Waals surface area contributed by atoms with Gasteiger partial charge >= 0.3 is 6.03 Å². The minimum absolute atomic E-state index is 0.0232. The number of aryl methyl sites for hydroxylation is 1. The normalized spacial score (nSPS) is 21.6. The van der Waals surface area contributed by atoms with E-state index >= 15 is 0 Å². The number of benzene rings is 1. The zero-order chi connectivity index (χ0) is 17.8. The number of carbonyl (C=O) groups is 3. The Labute approximate surface area is 147 Å². The van der Waals surface area contributed by atoms with Gasteiger partial charge in [0, 0.05) is 32.7 Å². The van der Waals surface area contributed by atoms with E-state index < -0.39 is 18.0 Å². The zero-order valence-electron chi connectivity index (χ0n) is 14.5. The molecule has 25 heavy (non-hydrogen) atoms. The highest BCUT2D eigenvalue weighted by atomic mass is 16.2. The lowest BCUT2D eigenvalue weighted by atomic mass is 10.1. The van der Waals surface area contributed by atoms with Crippen LogP contribution in [0.4, 0.5) is 4.79 Å². The standard InChI is InChI=1S/C18H24N4O3/c1-13-5-2-3-6-14(13)12-21-7-4-8-22(10-9-21)16(23)11-15-17(24)20-18(25)19-15/h2-3,5-6,15H,4,7-12H2,1H3,(H2,19,20,24,25)/t15-/m0/s1. The Morgan fingerprint density at radius 3 is 2.68 bits per heavy atom. The molecule has 0 bridgehead atoms. The van der Waals surface area contributed by atoms with Crippen molar-refractivity contribution in [2.75, 3.05) is 26.2 Å². The number of hydrogen-bond acceptors (Lipinski definition) is 4. The predicted octanol–water partition coefficient (Wildman–Crippen LogP) is 0.627. The van der Waals surface area contributed by atoms with Gasteiger partial charge in [-0.25, -0.2) is 4.79 Å². The maximum absolute atomic E-state index is 12.5. The second kappa shape index (κ2) is 7.65. The molecule has 3 rings (SSSR count). The summed E-state index contributed by atoms with van der Waals surface area (Å²) in [6, 6.07) is 7.08. The number of imide groups is 1. The molecule has 134 valence electrons. The van der Waals surface area contributed by atoms with Gasteiger partial charge in [0.1, 0.15) is 6.04 Å². The maximum Gasteiger partial charge on any atom is 0.322 e. The molecule has 2 aliphatic heterocycles. The molecule has 7 nitrogen and oxygen atoms in total. The lowest BCUT2D eigenvalue weighted by Gasteiger charge is -2.23. The minimum Gasteiger partial charge on any atom is -0.341 e. The Bertz CT molecular complexity index is 676. The highest BCUT2D eigenvalue weighted by Gasteiger charge is 2.33. The van der Waals surface area contributed by atoms with Crippen LogP contribution in [0.15, 0.2) is 24.3 Å². The van der Waals surface area contributed by atoms with Crippen molar-refractivity contribution in [1.82, 2.24) is 20.4 Å². The largest absolute Gasteiger partial charge is 0.341 e. The van der Waals surface area contributed by atoms with Gasteiger partial charge in [0.25, 0.3) is 5.91 Å². The molecule has 7 heteroatoms. The Morgan fingerprint density at radius 2 is 1.96 bits per heavy atom. The first-order valence-electron chi connectivity index (χ1n) is 8.69. The number of amides is 4. The highest BCUT2D eigenvalue weighted by molar-refractivity contribution is 6.05. The van der Waals surface area contributed by atoms with E-state index in [4.69, 9.17) is 0 Å². The van der Waals surface area contributed by atoms with Crippen LogP contribution in [0.3, 0.4) is 0 Å². The van der Waals surface area contributed by atoms with E-state index in [0.717, 1.165) is 26.1 Å². The molecule has 4 amide bonds. The van der Waals surface area contributed by atoms with Gasteiger partial charge in [-0.1, -0.05) is 24.3 Å². The average Bonchev–Trinajstić information content (AvgIpc) is 2.76. The quantitative estimate of drug-likeness (QED) is 0.785. The Balaban J connectivity index is 1.53. The smallest absolute Gasteiger partial charge is 0.322 e. The number of nitrogens with one attached hydrogen (secondary N) is 2. The van der Waals surface area contributed by atoms with Crippen molar-refractivity contribution in [2.24, 2.45) is 0 Å². The Hall–Kier alpha value is -2.41. The summed E-state index contributed by atoms with van der Waals surface area (Å²) < 4.78 is 0. The van der Waals surface area contributed by atoms with E-state index in [1.54, 1.807) is 4.90 Å². The molecule has 2 saturated heterocycles. The van der Waals surface area contributed by atoms with Crippen molar-refractivity contribution in [3.63, 3.8) is 0 Å². The Kier molecular flexibility index (Phi) is 5.33. The van der Waals surface area contributed by atoms with E-state index in [-0.39, 0.29) is 12.3 Å². The van der Waals surface area contributed by atoms with Crippen LogP contribution in [-0.4, -0.2) is 59.9 Å². The lowest BCUT2D eigenvalue weighted by molar-refractivity contribution is -0.133. The summed E-state index contributed by atoms with van der Waals surface area (Å²) in [6.07, 6.45) is 0.927. The van der Waals surface area contributed by atoms with Crippen molar-refractivity contribution in [3.8, 4) is 0 Å².